The van der Waals surface area contributed by atoms with Crippen molar-refractivity contribution in [2.24, 2.45) is 0 Å². The van der Waals surface area contributed by atoms with Crippen LogP contribution in [0, 0.1) is 0 Å². The smallest absolute Gasteiger partial charge is 0.346 e. The summed E-state index contributed by atoms with van der Waals surface area (Å²) in [6.45, 7) is 1.52. The lowest BCUT2D eigenvalue weighted by molar-refractivity contribution is -0.147. The molecule has 0 radical (unpaired) electrons. The molecule has 122 valence electrons. The van der Waals surface area contributed by atoms with Crippen molar-refractivity contribution in [1.29, 1.82) is 0 Å². The summed E-state index contributed by atoms with van der Waals surface area (Å²) in [5, 5.41) is 0.393. The summed E-state index contributed by atoms with van der Waals surface area (Å²) in [7, 11) is 1.27. The fourth-order valence-electron chi connectivity index (χ4n) is 2.40. The largest absolute Gasteiger partial charge is 0.471 e. The van der Waals surface area contributed by atoms with Crippen LogP contribution in [0.3, 0.4) is 0 Å². The topological polar surface area (TPSA) is 65.7 Å². The number of methoxy groups -OCH3 is 1. The lowest BCUT2D eigenvalue weighted by Gasteiger charge is -2.15. The van der Waals surface area contributed by atoms with Crippen molar-refractivity contribution in [3.63, 3.8) is 0 Å². The summed E-state index contributed by atoms with van der Waals surface area (Å²) in [6, 6.07) is 16.1. The maximum Gasteiger partial charge on any atom is 0.346 e. The van der Waals surface area contributed by atoms with E-state index in [0.717, 1.165) is 0 Å². The van der Waals surface area contributed by atoms with E-state index < -0.39 is 12.1 Å². The van der Waals surface area contributed by atoms with Crippen LogP contribution in [-0.2, 0) is 9.53 Å². The highest BCUT2D eigenvalue weighted by Gasteiger charge is 2.23. The van der Waals surface area contributed by atoms with Gasteiger partial charge in [-0.3, -0.25) is 4.79 Å². The van der Waals surface area contributed by atoms with Crippen LogP contribution in [0.15, 0.2) is 63.8 Å². The van der Waals surface area contributed by atoms with Gasteiger partial charge in [-0.05, 0) is 19.1 Å². The van der Waals surface area contributed by atoms with Crippen LogP contribution in [-0.4, -0.2) is 19.2 Å². The number of carbonyl (C=O) groups excluding carboxylic acids is 1. The number of ether oxygens (including phenoxy) is 2. The van der Waals surface area contributed by atoms with E-state index in [4.69, 9.17) is 9.15 Å². The number of para-hydroxylation sites is 1. The molecule has 5 nitrogen and oxygen atoms in total. The van der Waals surface area contributed by atoms with Gasteiger partial charge in [0.2, 0.25) is 11.2 Å². The zero-order valence-corrected chi connectivity index (χ0v) is 13.3. The highest BCUT2D eigenvalue weighted by Crippen LogP contribution is 2.31. The van der Waals surface area contributed by atoms with E-state index in [1.54, 1.807) is 24.3 Å². The third-order valence-corrected chi connectivity index (χ3v) is 3.62. The van der Waals surface area contributed by atoms with Gasteiger partial charge in [-0.2, -0.15) is 0 Å². The van der Waals surface area contributed by atoms with Gasteiger partial charge < -0.3 is 13.9 Å². The molecule has 2 aromatic carbocycles. The van der Waals surface area contributed by atoms with Gasteiger partial charge in [-0.15, -0.1) is 0 Å². The first-order chi connectivity index (χ1) is 11.6. The van der Waals surface area contributed by atoms with Crippen LogP contribution in [0.5, 0.6) is 5.75 Å². The van der Waals surface area contributed by atoms with Gasteiger partial charge in [0.25, 0.3) is 0 Å². The fourth-order valence-corrected chi connectivity index (χ4v) is 2.40. The van der Waals surface area contributed by atoms with Gasteiger partial charge >= 0.3 is 5.97 Å². The molecule has 1 heterocycles. The zero-order valence-electron chi connectivity index (χ0n) is 13.3. The van der Waals surface area contributed by atoms with E-state index in [2.05, 4.69) is 4.74 Å². The molecule has 0 aliphatic carbocycles. The maximum absolute atomic E-state index is 12.8. The predicted molar refractivity (Wildman–Crippen MR) is 90.0 cm³/mol. The molecule has 3 rings (SSSR count). The molecule has 0 fully saturated rings. The summed E-state index contributed by atoms with van der Waals surface area (Å²) >= 11 is 0. The van der Waals surface area contributed by atoms with E-state index in [1.165, 1.54) is 14.0 Å². The molecule has 0 spiro atoms. The molecule has 0 saturated heterocycles. The molecule has 1 aromatic heterocycles. The van der Waals surface area contributed by atoms with E-state index in [0.29, 0.717) is 16.5 Å². The van der Waals surface area contributed by atoms with Crippen molar-refractivity contribution in [2.45, 2.75) is 13.0 Å². The van der Waals surface area contributed by atoms with E-state index >= 15 is 0 Å². The van der Waals surface area contributed by atoms with Gasteiger partial charge in [0.1, 0.15) is 5.58 Å². The fraction of sp³-hybridized carbons (Fsp3) is 0.158. The quantitative estimate of drug-likeness (QED) is 0.688. The van der Waals surface area contributed by atoms with Crippen LogP contribution in [0.4, 0.5) is 0 Å². The third kappa shape index (κ3) is 2.88. The van der Waals surface area contributed by atoms with Crippen molar-refractivity contribution < 1.29 is 18.7 Å². The van der Waals surface area contributed by atoms with E-state index in [-0.39, 0.29) is 16.9 Å². The Kier molecular flexibility index (Phi) is 4.33. The minimum absolute atomic E-state index is 0.00204. The zero-order chi connectivity index (χ0) is 17.1. The number of hydrogen-bond donors (Lipinski definition) is 0. The van der Waals surface area contributed by atoms with Crippen molar-refractivity contribution in [2.75, 3.05) is 7.11 Å². The van der Waals surface area contributed by atoms with Gasteiger partial charge in [0.05, 0.1) is 12.5 Å². The Labute approximate surface area is 138 Å². The lowest BCUT2D eigenvalue weighted by atomic mass is 10.1. The molecule has 3 aromatic rings. The van der Waals surface area contributed by atoms with Crippen LogP contribution < -0.4 is 10.2 Å². The predicted octanol–water partition coefficient (Wildman–Crippen LogP) is 3.40. The number of fused-ring (bicyclic) bond motifs is 1. The second-order valence-electron chi connectivity index (χ2n) is 5.23. The van der Waals surface area contributed by atoms with Crippen molar-refractivity contribution >= 4 is 16.9 Å². The molecule has 0 N–H and O–H groups in total. The second-order valence-corrected chi connectivity index (χ2v) is 5.23. The molecule has 0 saturated carbocycles. The van der Waals surface area contributed by atoms with E-state index in [1.807, 2.05) is 30.3 Å². The first-order valence-corrected chi connectivity index (χ1v) is 7.47. The Bertz CT molecular complexity index is 927. The Morgan fingerprint density at radius 2 is 1.71 bits per heavy atom. The van der Waals surface area contributed by atoms with Crippen LogP contribution >= 0.6 is 0 Å². The average Bonchev–Trinajstić information content (AvgIpc) is 2.63. The number of rotatable bonds is 4. The molecule has 5 heteroatoms. The number of hydrogen-bond acceptors (Lipinski definition) is 5. The molecule has 1 atom stereocenters. The summed E-state index contributed by atoms with van der Waals surface area (Å²) in [5.74, 6) is -0.283. The second kappa shape index (κ2) is 6.58. The number of esters is 1. The summed E-state index contributed by atoms with van der Waals surface area (Å²) in [5.41, 5.74) is 0.818. The molecule has 0 unspecified atom stereocenters. The van der Waals surface area contributed by atoms with Crippen LogP contribution in [0.2, 0.25) is 0 Å². The minimum atomic E-state index is -0.929. The number of benzene rings is 2. The van der Waals surface area contributed by atoms with Gasteiger partial charge in [0, 0.05) is 5.56 Å². The Morgan fingerprint density at radius 1 is 1.04 bits per heavy atom. The van der Waals surface area contributed by atoms with Crippen LogP contribution in [0.25, 0.3) is 22.3 Å². The summed E-state index contributed by atoms with van der Waals surface area (Å²) in [4.78, 5) is 24.5. The Balaban J connectivity index is 2.22. The normalized spacial score (nSPS) is 11.9. The highest BCUT2D eigenvalue weighted by atomic mass is 16.6. The number of carbonyl (C=O) groups is 1. The van der Waals surface area contributed by atoms with Gasteiger partial charge in [0.15, 0.2) is 11.9 Å². The van der Waals surface area contributed by atoms with Crippen molar-refractivity contribution in [3.05, 3.63) is 64.8 Å². The lowest BCUT2D eigenvalue weighted by Crippen LogP contribution is -2.27. The standard InChI is InChI=1S/C19H16O5/c1-12(19(21)22-2)23-18-16(20)14-10-6-7-11-15(14)24-17(18)13-8-4-3-5-9-13/h3-12H,1-2H3/t12-/m1/s1. The minimum Gasteiger partial charge on any atom is -0.471 e. The maximum atomic E-state index is 12.8. The van der Waals surface area contributed by atoms with Gasteiger partial charge in [-0.25, -0.2) is 4.79 Å². The molecule has 0 bridgehead atoms. The Hall–Kier alpha value is -3.08. The average molecular weight is 324 g/mol. The van der Waals surface area contributed by atoms with Gasteiger partial charge in [-0.1, -0.05) is 42.5 Å². The highest BCUT2D eigenvalue weighted by molar-refractivity contribution is 5.82. The molecule has 24 heavy (non-hydrogen) atoms. The molecular weight excluding hydrogens is 308 g/mol. The van der Waals surface area contributed by atoms with E-state index in [9.17, 15) is 9.59 Å². The monoisotopic (exact) mass is 324 g/mol. The molecule has 0 aliphatic heterocycles. The molecular formula is C19H16O5. The third-order valence-electron chi connectivity index (χ3n) is 3.62. The molecule has 0 aliphatic rings. The first-order valence-electron chi connectivity index (χ1n) is 7.47. The Morgan fingerprint density at radius 3 is 2.42 bits per heavy atom. The summed E-state index contributed by atoms with van der Waals surface area (Å²) in [6.07, 6.45) is -0.929. The van der Waals surface area contributed by atoms with Crippen LogP contribution in [0.1, 0.15) is 6.92 Å². The summed E-state index contributed by atoms with van der Waals surface area (Å²) < 4.78 is 16.2. The first kappa shape index (κ1) is 15.8. The van der Waals surface area contributed by atoms with Crippen molar-refractivity contribution in [3.8, 4) is 17.1 Å². The van der Waals surface area contributed by atoms with Crippen molar-refractivity contribution in [1.82, 2.24) is 0 Å². The SMILES string of the molecule is COC(=O)[C@@H](C)Oc1c(-c2ccccc2)oc2ccccc2c1=O. The molecule has 0 amide bonds.